The van der Waals surface area contributed by atoms with E-state index in [1.54, 1.807) is 19.3 Å². The van der Waals surface area contributed by atoms with Crippen LogP contribution in [0.15, 0.2) is 23.2 Å². The molecule has 1 aromatic carbocycles. The minimum Gasteiger partial charge on any atom is -0.507 e. The van der Waals surface area contributed by atoms with Gasteiger partial charge in [0, 0.05) is 37.6 Å². The highest BCUT2D eigenvalue weighted by molar-refractivity contribution is 5.84. The van der Waals surface area contributed by atoms with Gasteiger partial charge in [-0.25, -0.2) is 0 Å². The zero-order valence-electron chi connectivity index (χ0n) is 7.20. The molecule has 3 heteroatoms. The van der Waals surface area contributed by atoms with Gasteiger partial charge in [0.05, 0.1) is 0 Å². The van der Waals surface area contributed by atoms with Crippen LogP contribution < -0.4 is 5.32 Å². The van der Waals surface area contributed by atoms with Crippen molar-refractivity contribution in [3.05, 3.63) is 23.8 Å². The molecule has 0 aliphatic carbocycles. The fraction of sp³-hybridized carbons (Fsp3) is 0.222. The zero-order chi connectivity index (χ0) is 8.97. The summed E-state index contributed by atoms with van der Waals surface area (Å²) >= 11 is 0. The molecule has 0 spiro atoms. The van der Waals surface area contributed by atoms with Gasteiger partial charge in [-0.05, 0) is 12.1 Å². The van der Waals surface area contributed by atoms with Gasteiger partial charge in [-0.15, -0.1) is 0 Å². The molecular weight excluding hydrogens is 152 g/mol. The highest BCUT2D eigenvalue weighted by Gasteiger charge is 1.97. The van der Waals surface area contributed by atoms with Gasteiger partial charge in [-0.2, -0.15) is 0 Å². The maximum absolute atomic E-state index is 9.42. The SMILES string of the molecule is CN=Cc1ccc(NC)cc1O. The van der Waals surface area contributed by atoms with Crippen LogP contribution in [0.1, 0.15) is 5.56 Å². The van der Waals surface area contributed by atoms with Crippen molar-refractivity contribution in [3.63, 3.8) is 0 Å². The number of hydrogen-bond acceptors (Lipinski definition) is 3. The van der Waals surface area contributed by atoms with Gasteiger partial charge in [0.1, 0.15) is 5.75 Å². The molecule has 0 atom stereocenters. The van der Waals surface area contributed by atoms with E-state index in [0.29, 0.717) is 0 Å². The average molecular weight is 164 g/mol. The molecule has 0 saturated heterocycles. The van der Waals surface area contributed by atoms with Crippen molar-refractivity contribution in [2.24, 2.45) is 4.99 Å². The molecule has 1 rings (SSSR count). The molecule has 0 aliphatic rings. The minimum atomic E-state index is 0.243. The second kappa shape index (κ2) is 3.76. The first-order valence-electron chi connectivity index (χ1n) is 3.71. The molecule has 0 radical (unpaired) electrons. The highest BCUT2D eigenvalue weighted by atomic mass is 16.3. The lowest BCUT2D eigenvalue weighted by atomic mass is 10.2. The summed E-state index contributed by atoms with van der Waals surface area (Å²) in [6, 6.07) is 5.36. The van der Waals surface area contributed by atoms with Crippen molar-refractivity contribution >= 4 is 11.9 Å². The first kappa shape index (κ1) is 8.59. The lowest BCUT2D eigenvalue weighted by Gasteiger charge is -2.02. The predicted molar refractivity (Wildman–Crippen MR) is 51.2 cm³/mol. The van der Waals surface area contributed by atoms with E-state index in [1.165, 1.54) is 0 Å². The summed E-state index contributed by atoms with van der Waals surface area (Å²) in [5, 5.41) is 12.4. The molecule has 0 heterocycles. The molecule has 0 fully saturated rings. The van der Waals surface area contributed by atoms with Gasteiger partial charge in [-0.3, -0.25) is 4.99 Å². The fourth-order valence-corrected chi connectivity index (χ4v) is 0.947. The third-order valence-corrected chi connectivity index (χ3v) is 1.59. The standard InChI is InChI=1S/C9H12N2O/c1-10-6-7-3-4-8(11-2)5-9(7)12/h3-6,11-12H,1-2H3. The Bertz CT molecular complexity index is 295. The predicted octanol–water partition coefficient (Wildman–Crippen LogP) is 1.48. The summed E-state index contributed by atoms with van der Waals surface area (Å²) in [7, 11) is 3.48. The number of nitrogens with zero attached hydrogens (tertiary/aromatic N) is 1. The van der Waals surface area contributed by atoms with Crippen LogP contribution in [0.2, 0.25) is 0 Å². The van der Waals surface area contributed by atoms with E-state index in [0.717, 1.165) is 11.3 Å². The van der Waals surface area contributed by atoms with Crippen molar-refractivity contribution in [1.82, 2.24) is 0 Å². The maximum atomic E-state index is 9.42. The third kappa shape index (κ3) is 1.75. The molecule has 0 aromatic heterocycles. The Morgan fingerprint density at radius 2 is 2.25 bits per heavy atom. The number of aliphatic imine (C=N–C) groups is 1. The summed E-state index contributed by atoms with van der Waals surface area (Å²) in [6.07, 6.45) is 1.62. The van der Waals surface area contributed by atoms with Gasteiger partial charge >= 0.3 is 0 Å². The molecule has 64 valence electrons. The van der Waals surface area contributed by atoms with E-state index in [1.807, 2.05) is 19.2 Å². The van der Waals surface area contributed by atoms with E-state index in [2.05, 4.69) is 10.3 Å². The Morgan fingerprint density at radius 1 is 1.50 bits per heavy atom. The molecule has 0 amide bonds. The molecule has 0 unspecified atom stereocenters. The average Bonchev–Trinajstić information content (AvgIpc) is 2.09. The first-order chi connectivity index (χ1) is 5.77. The highest BCUT2D eigenvalue weighted by Crippen LogP contribution is 2.19. The molecule has 0 saturated carbocycles. The van der Waals surface area contributed by atoms with Gasteiger partial charge < -0.3 is 10.4 Å². The summed E-state index contributed by atoms with van der Waals surface area (Å²) in [5.74, 6) is 0.243. The Kier molecular flexibility index (Phi) is 2.69. The summed E-state index contributed by atoms with van der Waals surface area (Å²) in [5.41, 5.74) is 1.62. The molecule has 0 aliphatic heterocycles. The summed E-state index contributed by atoms with van der Waals surface area (Å²) in [4.78, 5) is 3.82. The summed E-state index contributed by atoms with van der Waals surface area (Å²) in [6.45, 7) is 0. The van der Waals surface area contributed by atoms with E-state index in [9.17, 15) is 5.11 Å². The largest absolute Gasteiger partial charge is 0.507 e. The monoisotopic (exact) mass is 164 g/mol. The molecule has 12 heavy (non-hydrogen) atoms. The van der Waals surface area contributed by atoms with E-state index < -0.39 is 0 Å². The van der Waals surface area contributed by atoms with Gasteiger partial charge in [0.25, 0.3) is 0 Å². The van der Waals surface area contributed by atoms with Gasteiger partial charge in [-0.1, -0.05) is 0 Å². The van der Waals surface area contributed by atoms with E-state index in [4.69, 9.17) is 0 Å². The third-order valence-electron chi connectivity index (χ3n) is 1.59. The molecule has 2 N–H and O–H groups in total. The summed E-state index contributed by atoms with van der Waals surface area (Å²) < 4.78 is 0. The van der Waals surface area contributed by atoms with E-state index in [-0.39, 0.29) is 5.75 Å². The van der Waals surface area contributed by atoms with Gasteiger partial charge in [0.2, 0.25) is 0 Å². The van der Waals surface area contributed by atoms with E-state index >= 15 is 0 Å². The van der Waals surface area contributed by atoms with Crippen molar-refractivity contribution < 1.29 is 5.11 Å². The molecular formula is C9H12N2O. The number of nitrogens with one attached hydrogen (secondary N) is 1. The van der Waals surface area contributed by atoms with Crippen LogP contribution in [0.4, 0.5) is 5.69 Å². The molecule has 3 nitrogen and oxygen atoms in total. The Labute approximate surface area is 71.8 Å². The van der Waals surface area contributed by atoms with Crippen molar-refractivity contribution in [2.75, 3.05) is 19.4 Å². The number of hydrogen-bond donors (Lipinski definition) is 2. The number of benzene rings is 1. The number of phenols is 1. The van der Waals surface area contributed by atoms with Crippen molar-refractivity contribution in [2.45, 2.75) is 0 Å². The number of anilines is 1. The zero-order valence-corrected chi connectivity index (χ0v) is 7.20. The normalized spacial score (nSPS) is 10.5. The second-order valence-corrected chi connectivity index (χ2v) is 2.41. The Balaban J connectivity index is 3.03. The number of rotatable bonds is 2. The van der Waals surface area contributed by atoms with Crippen LogP contribution in [0.25, 0.3) is 0 Å². The fourth-order valence-electron chi connectivity index (χ4n) is 0.947. The van der Waals surface area contributed by atoms with Crippen LogP contribution >= 0.6 is 0 Å². The Hall–Kier alpha value is -1.51. The van der Waals surface area contributed by atoms with Crippen LogP contribution in [-0.4, -0.2) is 25.4 Å². The van der Waals surface area contributed by atoms with Crippen molar-refractivity contribution in [3.8, 4) is 5.75 Å². The molecule has 0 bridgehead atoms. The smallest absolute Gasteiger partial charge is 0.126 e. The maximum Gasteiger partial charge on any atom is 0.126 e. The Morgan fingerprint density at radius 3 is 2.75 bits per heavy atom. The number of phenolic OH excluding ortho intramolecular Hbond substituents is 1. The second-order valence-electron chi connectivity index (χ2n) is 2.41. The minimum absolute atomic E-state index is 0.243. The van der Waals surface area contributed by atoms with Crippen molar-refractivity contribution in [1.29, 1.82) is 0 Å². The quantitative estimate of drug-likeness (QED) is 0.650. The first-order valence-corrected chi connectivity index (χ1v) is 3.71. The number of aromatic hydroxyl groups is 1. The van der Waals surface area contributed by atoms with Crippen LogP contribution in [-0.2, 0) is 0 Å². The van der Waals surface area contributed by atoms with Crippen LogP contribution in [0.3, 0.4) is 0 Å². The lowest BCUT2D eigenvalue weighted by molar-refractivity contribution is 0.475. The van der Waals surface area contributed by atoms with Crippen LogP contribution in [0, 0.1) is 0 Å². The molecule has 1 aromatic rings. The van der Waals surface area contributed by atoms with Gasteiger partial charge in [0.15, 0.2) is 0 Å². The topological polar surface area (TPSA) is 44.6 Å². The lowest BCUT2D eigenvalue weighted by Crippen LogP contribution is -1.89. The van der Waals surface area contributed by atoms with Crippen LogP contribution in [0.5, 0.6) is 5.75 Å².